The lowest BCUT2D eigenvalue weighted by molar-refractivity contribution is 0.0698. The van der Waals surface area contributed by atoms with Crippen molar-refractivity contribution in [3.05, 3.63) is 108 Å². The number of carbonyl (C=O) groups excluding carboxylic acids is 1. The normalized spacial score (nSPS) is 11.6. The second-order valence-electron chi connectivity index (χ2n) is 8.48. The minimum Gasteiger partial charge on any atom is -0.478 e. The minimum atomic E-state index is -1.05. The third kappa shape index (κ3) is 5.82. The maximum Gasteiger partial charge on any atom is 0.337 e. The quantitative estimate of drug-likeness (QED) is 0.141. The Morgan fingerprint density at radius 1 is 1.05 bits per heavy atom. The molecule has 37 heavy (non-hydrogen) atoms. The number of para-hydroxylation sites is 1. The Bertz CT molecular complexity index is 1410. The van der Waals surface area contributed by atoms with E-state index in [2.05, 4.69) is 27.3 Å². The Balaban J connectivity index is 1.73. The number of allylic oxidation sites excluding steroid dienone is 1. The number of unbranched alkanes of at least 4 members (excludes halogenated alkanes) is 1. The smallest absolute Gasteiger partial charge is 0.337 e. The van der Waals surface area contributed by atoms with Crippen molar-refractivity contribution in [2.24, 2.45) is 0 Å². The van der Waals surface area contributed by atoms with E-state index in [0.717, 1.165) is 24.8 Å². The minimum absolute atomic E-state index is 0.117. The molecule has 0 saturated carbocycles. The highest BCUT2D eigenvalue weighted by Crippen LogP contribution is 2.34. The predicted molar refractivity (Wildman–Crippen MR) is 146 cm³/mol. The van der Waals surface area contributed by atoms with Crippen LogP contribution in [-0.2, 0) is 0 Å². The molecule has 0 bridgehead atoms. The molecule has 0 radical (unpaired) electrons. The van der Waals surface area contributed by atoms with Gasteiger partial charge in [0, 0.05) is 23.7 Å². The maximum atomic E-state index is 12.7. The zero-order valence-electron chi connectivity index (χ0n) is 20.6. The average molecular weight is 496 g/mol. The van der Waals surface area contributed by atoms with E-state index in [1.165, 1.54) is 12.4 Å². The number of carboxylic acid groups (broad SMARTS) is 1. The monoisotopic (exact) mass is 495 g/mol. The third-order valence-corrected chi connectivity index (χ3v) is 6.11. The lowest BCUT2D eigenvalue weighted by atomic mass is 9.99. The summed E-state index contributed by atoms with van der Waals surface area (Å²) in [7, 11) is 1.80. The number of hydrogen-bond donors (Lipinski definition) is 3. The van der Waals surface area contributed by atoms with Crippen LogP contribution < -0.4 is 15.8 Å². The van der Waals surface area contributed by atoms with E-state index in [4.69, 9.17) is 0 Å². The fourth-order valence-corrected chi connectivity index (χ4v) is 4.36. The van der Waals surface area contributed by atoms with Crippen molar-refractivity contribution in [2.75, 3.05) is 17.4 Å². The van der Waals surface area contributed by atoms with Gasteiger partial charge in [-0.05, 0) is 61.2 Å². The highest BCUT2D eigenvalue weighted by molar-refractivity contribution is 6.05. The zero-order chi connectivity index (χ0) is 26.2. The second kappa shape index (κ2) is 11.9. The highest BCUT2D eigenvalue weighted by Gasteiger charge is 2.24. The number of fused-ring (bicyclic) bond motifs is 1. The molecule has 0 spiro atoms. The topological polar surface area (TPSA) is 107 Å². The van der Waals surface area contributed by atoms with Crippen LogP contribution in [0.2, 0.25) is 0 Å². The molecule has 0 fully saturated rings. The predicted octanol–water partition coefficient (Wildman–Crippen LogP) is 5.62. The molecule has 1 atom stereocenters. The SMILES string of the molecule is C=CCCCC(c1cccc(NC(=O)c2ccccc2)c1)N(NC)c1ncnc2c(C(=O)O)cccc12. The first-order chi connectivity index (χ1) is 18.0. The molecule has 188 valence electrons. The summed E-state index contributed by atoms with van der Waals surface area (Å²) in [4.78, 5) is 33.3. The number of aromatic nitrogens is 2. The van der Waals surface area contributed by atoms with E-state index in [9.17, 15) is 14.7 Å². The van der Waals surface area contributed by atoms with Gasteiger partial charge in [0.15, 0.2) is 5.82 Å². The highest BCUT2D eigenvalue weighted by atomic mass is 16.4. The number of rotatable bonds is 11. The van der Waals surface area contributed by atoms with Gasteiger partial charge in [-0.1, -0.05) is 42.5 Å². The largest absolute Gasteiger partial charge is 0.478 e. The first-order valence-corrected chi connectivity index (χ1v) is 12.0. The van der Waals surface area contributed by atoms with Crippen LogP contribution in [0.4, 0.5) is 11.5 Å². The fraction of sp³-hybridized carbons (Fsp3) is 0.172. The van der Waals surface area contributed by atoms with Crippen LogP contribution in [0.15, 0.2) is 91.8 Å². The van der Waals surface area contributed by atoms with Gasteiger partial charge in [0.2, 0.25) is 0 Å². The van der Waals surface area contributed by atoms with Gasteiger partial charge in [0.25, 0.3) is 5.91 Å². The molecule has 1 heterocycles. The van der Waals surface area contributed by atoms with Gasteiger partial charge in [0.05, 0.1) is 17.1 Å². The van der Waals surface area contributed by atoms with E-state index in [-0.39, 0.29) is 17.5 Å². The van der Waals surface area contributed by atoms with E-state index in [0.29, 0.717) is 28.0 Å². The second-order valence-corrected chi connectivity index (χ2v) is 8.48. The number of carbonyl (C=O) groups is 2. The van der Waals surface area contributed by atoms with Crippen molar-refractivity contribution in [2.45, 2.75) is 25.3 Å². The molecule has 0 aliphatic heterocycles. The molecular formula is C29H29N5O3. The Labute approximate surface area is 215 Å². The summed E-state index contributed by atoms with van der Waals surface area (Å²) in [6.07, 6.45) is 5.73. The van der Waals surface area contributed by atoms with Crippen LogP contribution in [0.1, 0.15) is 51.6 Å². The molecule has 1 amide bonds. The Kier molecular flexibility index (Phi) is 8.22. The number of aromatic carboxylic acids is 1. The number of carboxylic acids is 1. The molecule has 4 rings (SSSR count). The molecule has 1 unspecified atom stereocenters. The average Bonchev–Trinajstić information content (AvgIpc) is 2.93. The number of nitrogens with zero attached hydrogens (tertiary/aromatic N) is 3. The van der Waals surface area contributed by atoms with E-state index >= 15 is 0 Å². The summed E-state index contributed by atoms with van der Waals surface area (Å²) >= 11 is 0. The van der Waals surface area contributed by atoms with Gasteiger partial charge < -0.3 is 10.4 Å². The van der Waals surface area contributed by atoms with Crippen LogP contribution in [0, 0.1) is 0 Å². The lowest BCUT2D eigenvalue weighted by Crippen LogP contribution is -2.39. The van der Waals surface area contributed by atoms with E-state index in [1.54, 1.807) is 25.2 Å². The van der Waals surface area contributed by atoms with Gasteiger partial charge in [-0.3, -0.25) is 9.80 Å². The third-order valence-electron chi connectivity index (χ3n) is 6.11. The van der Waals surface area contributed by atoms with Gasteiger partial charge in [-0.25, -0.2) is 20.2 Å². The molecule has 3 aromatic carbocycles. The summed E-state index contributed by atoms with van der Waals surface area (Å²) in [5, 5.41) is 15.2. The van der Waals surface area contributed by atoms with Crippen LogP contribution in [0.25, 0.3) is 10.9 Å². The van der Waals surface area contributed by atoms with Crippen LogP contribution >= 0.6 is 0 Å². The molecule has 4 aromatic rings. The van der Waals surface area contributed by atoms with Gasteiger partial charge in [-0.2, -0.15) is 0 Å². The van der Waals surface area contributed by atoms with Crippen molar-refractivity contribution in [1.82, 2.24) is 15.4 Å². The van der Waals surface area contributed by atoms with Crippen molar-refractivity contribution in [3.63, 3.8) is 0 Å². The first-order valence-electron chi connectivity index (χ1n) is 12.0. The molecule has 1 aromatic heterocycles. The van der Waals surface area contributed by atoms with E-state index in [1.807, 2.05) is 59.6 Å². The van der Waals surface area contributed by atoms with Crippen LogP contribution in [0.5, 0.6) is 0 Å². The maximum absolute atomic E-state index is 12.7. The number of benzene rings is 3. The number of hydrogen-bond acceptors (Lipinski definition) is 6. The molecule has 0 aliphatic carbocycles. The van der Waals surface area contributed by atoms with Crippen molar-refractivity contribution < 1.29 is 14.7 Å². The Morgan fingerprint density at radius 2 is 1.84 bits per heavy atom. The molecule has 0 aliphatic rings. The van der Waals surface area contributed by atoms with E-state index < -0.39 is 5.97 Å². The molecular weight excluding hydrogens is 466 g/mol. The Hall–Kier alpha value is -4.56. The molecule has 8 heteroatoms. The summed E-state index contributed by atoms with van der Waals surface area (Å²) in [6, 6.07) is 21.7. The van der Waals surface area contributed by atoms with Crippen molar-refractivity contribution >= 4 is 34.3 Å². The zero-order valence-corrected chi connectivity index (χ0v) is 20.6. The van der Waals surface area contributed by atoms with Crippen molar-refractivity contribution in [3.8, 4) is 0 Å². The number of nitrogens with one attached hydrogen (secondary N) is 2. The van der Waals surface area contributed by atoms with Gasteiger partial charge >= 0.3 is 5.97 Å². The molecule has 3 N–H and O–H groups in total. The fourth-order valence-electron chi connectivity index (χ4n) is 4.36. The summed E-state index contributed by atoms with van der Waals surface area (Å²) in [5.74, 6) is -0.664. The summed E-state index contributed by atoms with van der Waals surface area (Å²) in [6.45, 7) is 3.84. The standard InChI is InChI=1S/C29H29N5O3/c1-3-4-6-17-25(21-13-9-14-22(18-21)33-28(35)20-11-7-5-8-12-20)34(30-2)27-23-15-10-16-24(29(36)37)26(23)31-19-32-27/h3,5,7-16,18-19,25,30H,1,4,6,17H2,2H3,(H,33,35)(H,36,37). The van der Waals surface area contributed by atoms with Crippen LogP contribution in [0.3, 0.4) is 0 Å². The van der Waals surface area contributed by atoms with Crippen molar-refractivity contribution in [1.29, 1.82) is 0 Å². The van der Waals surface area contributed by atoms with Gasteiger partial charge in [0.1, 0.15) is 6.33 Å². The number of amides is 1. The summed E-state index contributed by atoms with van der Waals surface area (Å²) in [5.41, 5.74) is 5.96. The Morgan fingerprint density at radius 3 is 2.57 bits per heavy atom. The summed E-state index contributed by atoms with van der Waals surface area (Å²) < 4.78 is 0. The lowest BCUT2D eigenvalue weighted by Gasteiger charge is -2.33. The first kappa shape index (κ1) is 25.5. The number of anilines is 2. The van der Waals surface area contributed by atoms with Crippen LogP contribution in [-0.4, -0.2) is 34.0 Å². The number of hydrazine groups is 1. The molecule has 0 saturated heterocycles. The molecule has 8 nitrogen and oxygen atoms in total. The van der Waals surface area contributed by atoms with Gasteiger partial charge in [-0.15, -0.1) is 6.58 Å².